The number of nitro benzene ring substituents is 1. The highest BCUT2D eigenvalue weighted by Gasteiger charge is 2.57. The molecule has 5 rings (SSSR count). The second kappa shape index (κ2) is 18.7. The van der Waals surface area contributed by atoms with Gasteiger partial charge in [0.25, 0.3) is 5.69 Å². The lowest BCUT2D eigenvalue weighted by Crippen LogP contribution is -2.67. The van der Waals surface area contributed by atoms with Crippen molar-refractivity contribution in [2.45, 2.75) is 95.7 Å². The monoisotopic (exact) mass is 796 g/mol. The molecule has 0 unspecified atom stereocenters. The van der Waals surface area contributed by atoms with Crippen molar-refractivity contribution in [1.82, 2.24) is 4.98 Å². The van der Waals surface area contributed by atoms with E-state index in [1.165, 1.54) is 36.7 Å². The van der Waals surface area contributed by atoms with Gasteiger partial charge in [-0.1, -0.05) is 17.7 Å². The van der Waals surface area contributed by atoms with Crippen LogP contribution < -0.4 is 0 Å². The molecule has 298 valence electrons. The van der Waals surface area contributed by atoms with Crippen LogP contribution in [0.3, 0.4) is 0 Å². The first-order valence-electron chi connectivity index (χ1n) is 16.7. The fourth-order valence-electron chi connectivity index (χ4n) is 6.06. The smallest absolute Gasteiger partial charge is 0.339 e. The van der Waals surface area contributed by atoms with E-state index in [4.69, 9.17) is 63.7 Å². The third kappa shape index (κ3) is 10.7. The van der Waals surface area contributed by atoms with Crippen LogP contribution in [0, 0.1) is 10.1 Å². The molecule has 0 spiro atoms. The van der Waals surface area contributed by atoms with Crippen LogP contribution >= 0.6 is 11.6 Å². The van der Waals surface area contributed by atoms with Crippen molar-refractivity contribution in [2.75, 3.05) is 20.0 Å². The number of rotatable bonds is 13. The fourth-order valence-corrected chi connectivity index (χ4v) is 6.24. The predicted octanol–water partition coefficient (Wildman–Crippen LogP) is 1.95. The highest BCUT2D eigenvalue weighted by Crippen LogP contribution is 2.36. The van der Waals surface area contributed by atoms with E-state index in [0.29, 0.717) is 0 Å². The molecule has 20 nitrogen and oxygen atoms in total. The molecule has 0 bridgehead atoms. The van der Waals surface area contributed by atoms with Gasteiger partial charge in [0, 0.05) is 46.2 Å². The first-order chi connectivity index (χ1) is 26.2. The molecule has 10 atom stereocenters. The first-order valence-corrected chi connectivity index (χ1v) is 17.1. The number of fused-ring (bicyclic) bond motifs is 1. The highest BCUT2D eigenvalue weighted by atomic mass is 35.5. The number of esters is 5. The van der Waals surface area contributed by atoms with Crippen LogP contribution in [0.2, 0.25) is 5.02 Å². The minimum Gasteiger partial charge on any atom is -0.459 e. The fraction of sp³-hybridized carbons (Fsp3) is 0.529. The SMILES string of the molecule is CC(=O)O[C@@H]1[C@@H](OC(C)=O)[C@@H](O[C@H]2[C@H](OC(C)=O)[C@@H](OC(C)=O)[C@H](OCc3ccc(Cl)c([N+](=O)[O-])c3)O[C@@H]2COC(=O)c2cccnc2)O[C@@H]2COCO[C@@H]12. The van der Waals surface area contributed by atoms with Crippen LogP contribution in [0.5, 0.6) is 0 Å². The maximum atomic E-state index is 13.1. The largest absolute Gasteiger partial charge is 0.459 e. The standard InChI is InChI=1S/C34H37ClN2O18/c1-16(38)49-28-26-24(13-45-15-48-26)54-34(31(28)52-19(4)41)55-27-25(14-46-32(42)21-6-5-9-36-11-21)53-33(30(51-18(3)40)29(27)50-17(2)39)47-12-20-7-8-22(35)23(10-20)37(43)44/h5-11,24-31,33-34H,12-15H2,1-4H3/t24-,25-,26-,27-,28+,29+,30-,31-,33-,34-/m1/s1. The number of halogens is 1. The van der Waals surface area contributed by atoms with Gasteiger partial charge in [0.15, 0.2) is 37.0 Å². The van der Waals surface area contributed by atoms with Gasteiger partial charge in [-0.05, 0) is 23.8 Å². The molecular weight excluding hydrogens is 760 g/mol. The molecule has 0 radical (unpaired) electrons. The van der Waals surface area contributed by atoms with E-state index in [9.17, 15) is 34.1 Å². The van der Waals surface area contributed by atoms with Gasteiger partial charge >= 0.3 is 29.8 Å². The van der Waals surface area contributed by atoms with Crippen molar-refractivity contribution in [1.29, 1.82) is 0 Å². The van der Waals surface area contributed by atoms with Crippen molar-refractivity contribution in [2.24, 2.45) is 0 Å². The molecule has 0 aliphatic carbocycles. The summed E-state index contributed by atoms with van der Waals surface area (Å²) in [5.41, 5.74) is -0.0837. The molecule has 0 N–H and O–H groups in total. The van der Waals surface area contributed by atoms with E-state index < -0.39 is 108 Å². The van der Waals surface area contributed by atoms with Crippen molar-refractivity contribution < 1.29 is 81.0 Å². The molecule has 2 aromatic rings. The number of carbonyl (C=O) groups excluding carboxylic acids is 5. The normalized spacial score (nSPS) is 28.8. The summed E-state index contributed by atoms with van der Waals surface area (Å²) in [6.07, 6.45) is -11.5. The number of benzene rings is 1. The summed E-state index contributed by atoms with van der Waals surface area (Å²) in [5.74, 6) is -4.17. The van der Waals surface area contributed by atoms with E-state index in [1.807, 2.05) is 0 Å². The zero-order valence-electron chi connectivity index (χ0n) is 29.8. The molecule has 3 saturated heterocycles. The molecule has 4 heterocycles. The summed E-state index contributed by atoms with van der Waals surface area (Å²) in [6, 6.07) is 6.85. The molecular formula is C34H37ClN2O18. The zero-order valence-corrected chi connectivity index (χ0v) is 30.5. The lowest BCUT2D eigenvalue weighted by Gasteiger charge is -2.49. The Morgan fingerprint density at radius 2 is 1.53 bits per heavy atom. The Hall–Kier alpha value is -4.83. The van der Waals surface area contributed by atoms with Crippen molar-refractivity contribution in [3.63, 3.8) is 0 Å². The van der Waals surface area contributed by atoms with Gasteiger partial charge in [0.1, 0.15) is 42.8 Å². The van der Waals surface area contributed by atoms with Crippen molar-refractivity contribution >= 4 is 47.1 Å². The zero-order chi connectivity index (χ0) is 39.8. The lowest BCUT2D eigenvalue weighted by atomic mass is 9.95. The van der Waals surface area contributed by atoms with Gasteiger partial charge in [-0.3, -0.25) is 34.3 Å². The summed E-state index contributed by atoms with van der Waals surface area (Å²) < 4.78 is 63.7. The summed E-state index contributed by atoms with van der Waals surface area (Å²) >= 11 is 5.97. The van der Waals surface area contributed by atoms with Crippen LogP contribution in [0.25, 0.3) is 0 Å². The summed E-state index contributed by atoms with van der Waals surface area (Å²) in [7, 11) is 0. The number of pyridine rings is 1. The number of nitro groups is 1. The van der Waals surface area contributed by atoms with Gasteiger partial charge in [-0.15, -0.1) is 0 Å². The Kier molecular flexibility index (Phi) is 14.0. The van der Waals surface area contributed by atoms with E-state index in [2.05, 4.69) is 4.98 Å². The second-order valence-electron chi connectivity index (χ2n) is 12.3. The summed E-state index contributed by atoms with van der Waals surface area (Å²) in [4.78, 5) is 77.6. The number of carbonyl (C=O) groups is 5. The van der Waals surface area contributed by atoms with Crippen LogP contribution in [0.15, 0.2) is 42.7 Å². The Morgan fingerprint density at radius 1 is 0.873 bits per heavy atom. The molecule has 1 aromatic carbocycles. The van der Waals surface area contributed by atoms with E-state index in [1.54, 1.807) is 0 Å². The Bertz CT molecular complexity index is 1730. The lowest BCUT2D eigenvalue weighted by molar-refractivity contribution is -0.384. The number of ether oxygens (including phenoxy) is 11. The number of nitrogens with zero attached hydrogens (tertiary/aromatic N) is 2. The van der Waals surface area contributed by atoms with E-state index in [-0.39, 0.29) is 36.2 Å². The maximum absolute atomic E-state index is 13.1. The second-order valence-corrected chi connectivity index (χ2v) is 12.7. The number of hydrogen-bond donors (Lipinski definition) is 0. The topological polar surface area (TPSA) is 243 Å². The van der Waals surface area contributed by atoms with Gasteiger partial charge in [0.2, 0.25) is 0 Å². The molecule has 0 saturated carbocycles. The molecule has 3 aliphatic heterocycles. The molecule has 3 fully saturated rings. The van der Waals surface area contributed by atoms with Crippen LogP contribution in [0.4, 0.5) is 5.69 Å². The third-order valence-electron chi connectivity index (χ3n) is 8.21. The predicted molar refractivity (Wildman–Crippen MR) is 178 cm³/mol. The van der Waals surface area contributed by atoms with Gasteiger partial charge in [0.05, 0.1) is 23.7 Å². The molecule has 3 aliphatic rings. The molecule has 1 aromatic heterocycles. The van der Waals surface area contributed by atoms with Crippen molar-refractivity contribution in [3.05, 3.63) is 69.0 Å². The number of hydrogen-bond acceptors (Lipinski definition) is 19. The Labute approximate surface area is 317 Å². The quantitative estimate of drug-likeness (QED) is 0.122. The minimum atomic E-state index is -1.63. The van der Waals surface area contributed by atoms with Crippen LogP contribution in [0.1, 0.15) is 43.6 Å². The highest BCUT2D eigenvalue weighted by molar-refractivity contribution is 6.32. The van der Waals surface area contributed by atoms with Crippen molar-refractivity contribution in [3.8, 4) is 0 Å². The van der Waals surface area contributed by atoms with Crippen LogP contribution in [-0.4, -0.2) is 121 Å². The molecule has 21 heteroatoms. The molecule has 55 heavy (non-hydrogen) atoms. The maximum Gasteiger partial charge on any atom is 0.339 e. The van der Waals surface area contributed by atoms with Gasteiger partial charge in [-0.2, -0.15) is 0 Å². The van der Waals surface area contributed by atoms with E-state index in [0.717, 1.165) is 33.8 Å². The van der Waals surface area contributed by atoms with Crippen LogP contribution in [-0.2, 0) is 77.9 Å². The first kappa shape index (κ1) is 41.3. The van der Waals surface area contributed by atoms with Gasteiger partial charge < -0.3 is 52.1 Å². The molecule has 0 amide bonds. The average molecular weight is 797 g/mol. The minimum absolute atomic E-state index is 0.0649. The summed E-state index contributed by atoms with van der Waals surface area (Å²) in [5, 5.41) is 11.4. The Morgan fingerprint density at radius 3 is 2.16 bits per heavy atom. The van der Waals surface area contributed by atoms with E-state index >= 15 is 0 Å². The third-order valence-corrected chi connectivity index (χ3v) is 8.52. The average Bonchev–Trinajstić information content (AvgIpc) is 3.13. The Balaban J connectivity index is 1.53. The summed E-state index contributed by atoms with van der Waals surface area (Å²) in [6.45, 7) is 3.10. The number of aromatic nitrogens is 1. The van der Waals surface area contributed by atoms with Gasteiger partial charge in [-0.25, -0.2) is 4.79 Å².